The standard InChI is InChI=1S/C13H14O4S/c1-8-4-5-9-10(13(2,3)12(14)15)7-18(16,17)11(9)6-8/h4-7H,1-3H3,(H,14,15). The van der Waals surface area contributed by atoms with Gasteiger partial charge in [-0.1, -0.05) is 12.1 Å². The fourth-order valence-corrected chi connectivity index (χ4v) is 3.66. The van der Waals surface area contributed by atoms with Crippen LogP contribution in [0.4, 0.5) is 0 Å². The molecule has 4 nitrogen and oxygen atoms in total. The van der Waals surface area contributed by atoms with E-state index < -0.39 is 21.2 Å². The minimum Gasteiger partial charge on any atom is -0.481 e. The van der Waals surface area contributed by atoms with E-state index in [0.717, 1.165) is 11.0 Å². The fourth-order valence-electron chi connectivity index (χ4n) is 1.97. The summed E-state index contributed by atoms with van der Waals surface area (Å²) in [7, 11) is -3.52. The second-order valence-electron chi connectivity index (χ2n) is 5.01. The second-order valence-corrected chi connectivity index (χ2v) is 6.77. The lowest BCUT2D eigenvalue weighted by molar-refractivity contribution is -0.143. The van der Waals surface area contributed by atoms with E-state index in [1.165, 1.54) is 13.8 Å². The molecule has 0 fully saturated rings. The number of benzene rings is 1. The van der Waals surface area contributed by atoms with Crippen molar-refractivity contribution < 1.29 is 18.3 Å². The number of hydrogen-bond acceptors (Lipinski definition) is 3. The molecule has 1 heterocycles. The molecule has 0 aliphatic carbocycles. The lowest BCUT2D eigenvalue weighted by Gasteiger charge is -2.21. The van der Waals surface area contributed by atoms with Gasteiger partial charge in [0, 0.05) is 5.41 Å². The topological polar surface area (TPSA) is 71.4 Å². The number of hydrogen-bond donors (Lipinski definition) is 1. The van der Waals surface area contributed by atoms with Gasteiger partial charge in [0.25, 0.3) is 0 Å². The fraction of sp³-hybridized carbons (Fsp3) is 0.308. The molecule has 1 aromatic carbocycles. The zero-order chi connectivity index (χ0) is 13.7. The average Bonchev–Trinajstić information content (AvgIpc) is 2.51. The third-order valence-corrected chi connectivity index (χ3v) is 4.71. The molecule has 0 saturated heterocycles. The van der Waals surface area contributed by atoms with Crippen LogP contribution in [-0.4, -0.2) is 19.5 Å². The Labute approximate surface area is 106 Å². The molecule has 0 radical (unpaired) electrons. The molecule has 1 aliphatic rings. The monoisotopic (exact) mass is 266 g/mol. The van der Waals surface area contributed by atoms with Crippen molar-refractivity contribution in [2.24, 2.45) is 5.41 Å². The molecule has 0 spiro atoms. The number of aryl methyl sites for hydroxylation is 1. The third-order valence-electron chi connectivity index (χ3n) is 3.21. The SMILES string of the molecule is Cc1ccc2c(c1)S(=O)(=O)C=C2C(C)(C)C(=O)O. The Hall–Kier alpha value is -1.62. The Balaban J connectivity index is 2.73. The molecule has 18 heavy (non-hydrogen) atoms. The van der Waals surface area contributed by atoms with Gasteiger partial charge in [0.1, 0.15) is 0 Å². The molecule has 0 atom stereocenters. The van der Waals surface area contributed by atoms with Crippen molar-refractivity contribution in [2.75, 3.05) is 0 Å². The van der Waals surface area contributed by atoms with Crippen LogP contribution in [0.25, 0.3) is 5.57 Å². The summed E-state index contributed by atoms with van der Waals surface area (Å²) >= 11 is 0. The molecule has 1 N–H and O–H groups in total. The van der Waals surface area contributed by atoms with Gasteiger partial charge in [-0.15, -0.1) is 0 Å². The summed E-state index contributed by atoms with van der Waals surface area (Å²) in [5.74, 6) is -1.04. The van der Waals surface area contributed by atoms with Crippen LogP contribution in [0.2, 0.25) is 0 Å². The average molecular weight is 266 g/mol. The van der Waals surface area contributed by atoms with Gasteiger partial charge in [-0.25, -0.2) is 8.42 Å². The molecule has 1 aromatic rings. The second kappa shape index (κ2) is 3.68. The molecule has 0 aromatic heterocycles. The maximum atomic E-state index is 12.0. The highest BCUT2D eigenvalue weighted by Gasteiger charge is 2.40. The number of carbonyl (C=O) groups is 1. The summed E-state index contributed by atoms with van der Waals surface area (Å²) in [5.41, 5.74) is 0.436. The van der Waals surface area contributed by atoms with Gasteiger partial charge < -0.3 is 5.11 Å². The highest BCUT2D eigenvalue weighted by atomic mass is 32.2. The predicted molar refractivity (Wildman–Crippen MR) is 67.8 cm³/mol. The van der Waals surface area contributed by atoms with Crippen LogP contribution in [-0.2, 0) is 14.6 Å². The van der Waals surface area contributed by atoms with Gasteiger partial charge in [-0.2, -0.15) is 0 Å². The van der Waals surface area contributed by atoms with E-state index in [2.05, 4.69) is 0 Å². The van der Waals surface area contributed by atoms with E-state index in [9.17, 15) is 18.3 Å². The summed E-state index contributed by atoms with van der Waals surface area (Å²) in [6.07, 6.45) is 0. The Morgan fingerprint density at radius 2 is 1.89 bits per heavy atom. The Morgan fingerprint density at radius 3 is 2.44 bits per heavy atom. The number of carboxylic acids is 1. The first-order valence-corrected chi connectivity index (χ1v) is 7.02. The van der Waals surface area contributed by atoms with Crippen LogP contribution < -0.4 is 0 Å². The third kappa shape index (κ3) is 1.75. The quantitative estimate of drug-likeness (QED) is 0.891. The van der Waals surface area contributed by atoms with E-state index in [1.807, 2.05) is 0 Å². The highest BCUT2D eigenvalue weighted by Crippen LogP contribution is 2.44. The molecular formula is C13H14O4S. The zero-order valence-corrected chi connectivity index (χ0v) is 11.2. The molecular weight excluding hydrogens is 252 g/mol. The number of rotatable bonds is 2. The van der Waals surface area contributed by atoms with Crippen molar-refractivity contribution in [3.8, 4) is 0 Å². The van der Waals surface area contributed by atoms with Crippen molar-refractivity contribution >= 4 is 21.4 Å². The Bertz CT molecular complexity index is 666. The molecule has 5 heteroatoms. The van der Waals surface area contributed by atoms with Gasteiger partial charge in [-0.05, 0) is 43.5 Å². The van der Waals surface area contributed by atoms with Crippen molar-refractivity contribution in [1.82, 2.24) is 0 Å². The number of carboxylic acid groups (broad SMARTS) is 1. The van der Waals surface area contributed by atoms with Crippen LogP contribution >= 0.6 is 0 Å². The summed E-state index contributed by atoms with van der Waals surface area (Å²) in [4.78, 5) is 11.5. The first kappa shape index (κ1) is 12.8. The van der Waals surface area contributed by atoms with Gasteiger partial charge in [-0.3, -0.25) is 4.79 Å². The smallest absolute Gasteiger partial charge is 0.313 e. The van der Waals surface area contributed by atoms with Crippen LogP contribution in [0, 0.1) is 12.3 Å². The number of sulfone groups is 1. The van der Waals surface area contributed by atoms with Crippen LogP contribution in [0.3, 0.4) is 0 Å². The Morgan fingerprint density at radius 1 is 1.28 bits per heavy atom. The van der Waals surface area contributed by atoms with Gasteiger partial charge in [0.15, 0.2) is 0 Å². The van der Waals surface area contributed by atoms with Gasteiger partial charge in [0.05, 0.1) is 10.3 Å². The maximum Gasteiger partial charge on any atom is 0.313 e. The first-order chi connectivity index (χ1) is 8.16. The molecule has 2 rings (SSSR count). The van der Waals surface area contributed by atoms with Gasteiger partial charge in [0.2, 0.25) is 9.84 Å². The Kier molecular flexibility index (Phi) is 2.63. The lowest BCUT2D eigenvalue weighted by Crippen LogP contribution is -2.24. The van der Waals surface area contributed by atoms with Crippen LogP contribution in [0.15, 0.2) is 28.5 Å². The molecule has 96 valence electrons. The summed E-state index contributed by atoms with van der Waals surface area (Å²) in [5, 5.41) is 10.3. The van der Waals surface area contributed by atoms with E-state index in [4.69, 9.17) is 0 Å². The summed E-state index contributed by atoms with van der Waals surface area (Å²) in [6, 6.07) is 5.03. The molecule has 0 unspecified atom stereocenters. The van der Waals surface area contributed by atoms with E-state index in [0.29, 0.717) is 11.1 Å². The molecule has 0 saturated carbocycles. The molecule has 0 amide bonds. The normalized spacial score (nSPS) is 17.2. The highest BCUT2D eigenvalue weighted by molar-refractivity contribution is 7.95. The maximum absolute atomic E-state index is 12.0. The molecule has 1 aliphatic heterocycles. The van der Waals surface area contributed by atoms with Crippen LogP contribution in [0.5, 0.6) is 0 Å². The number of fused-ring (bicyclic) bond motifs is 1. The minimum atomic E-state index is -3.52. The first-order valence-electron chi connectivity index (χ1n) is 5.48. The van der Waals surface area contributed by atoms with E-state index >= 15 is 0 Å². The van der Waals surface area contributed by atoms with Crippen molar-refractivity contribution in [1.29, 1.82) is 0 Å². The van der Waals surface area contributed by atoms with Gasteiger partial charge >= 0.3 is 5.97 Å². The molecule has 0 bridgehead atoms. The van der Waals surface area contributed by atoms with Crippen molar-refractivity contribution in [3.63, 3.8) is 0 Å². The summed E-state index contributed by atoms with van der Waals surface area (Å²) in [6.45, 7) is 4.81. The minimum absolute atomic E-state index is 0.201. The summed E-state index contributed by atoms with van der Waals surface area (Å²) < 4.78 is 24.0. The van der Waals surface area contributed by atoms with Crippen molar-refractivity contribution in [3.05, 3.63) is 34.7 Å². The zero-order valence-electron chi connectivity index (χ0n) is 10.4. The van der Waals surface area contributed by atoms with Crippen LogP contribution in [0.1, 0.15) is 25.0 Å². The number of aliphatic carboxylic acids is 1. The predicted octanol–water partition coefficient (Wildman–Crippen LogP) is 2.23. The largest absolute Gasteiger partial charge is 0.481 e. The van der Waals surface area contributed by atoms with Crippen molar-refractivity contribution in [2.45, 2.75) is 25.7 Å². The lowest BCUT2D eigenvalue weighted by atomic mass is 9.81. The van der Waals surface area contributed by atoms with E-state index in [-0.39, 0.29) is 4.90 Å². The van der Waals surface area contributed by atoms with E-state index in [1.54, 1.807) is 25.1 Å².